The van der Waals surface area contributed by atoms with E-state index < -0.39 is 97.5 Å². The Morgan fingerprint density at radius 2 is 0.511 bits per heavy atom. The molecule has 0 aliphatic carbocycles. The van der Waals surface area contributed by atoms with Crippen molar-refractivity contribution in [2.24, 2.45) is 23.7 Å². The largest absolute Gasteiger partial charge is 0.472 e. The fourth-order valence-electron chi connectivity index (χ4n) is 11.3. The lowest BCUT2D eigenvalue weighted by Crippen LogP contribution is -2.30. The summed E-state index contributed by atoms with van der Waals surface area (Å²) < 4.78 is 68.3. The molecule has 0 saturated carbocycles. The third-order valence-electron chi connectivity index (χ3n) is 17.7. The predicted octanol–water partition coefficient (Wildman–Crippen LogP) is 21.7. The minimum absolute atomic E-state index is 0.102. The van der Waals surface area contributed by atoms with E-state index in [0.717, 1.165) is 108 Å². The highest BCUT2D eigenvalue weighted by Crippen LogP contribution is 2.45. The van der Waals surface area contributed by atoms with Crippen LogP contribution >= 0.6 is 15.6 Å². The first kappa shape index (κ1) is 92.1. The fourth-order valence-corrected chi connectivity index (χ4v) is 12.9. The molecule has 0 aromatic rings. The van der Waals surface area contributed by atoms with Crippen molar-refractivity contribution < 1.29 is 80.2 Å². The van der Waals surface area contributed by atoms with Gasteiger partial charge in [-0.3, -0.25) is 37.3 Å². The highest BCUT2D eigenvalue weighted by molar-refractivity contribution is 7.47. The number of hydrogen-bond acceptors (Lipinski definition) is 15. The minimum atomic E-state index is -4.95. The van der Waals surface area contributed by atoms with E-state index in [9.17, 15) is 43.2 Å². The van der Waals surface area contributed by atoms with Crippen molar-refractivity contribution in [2.75, 3.05) is 39.6 Å². The molecule has 19 heteroatoms. The quantitative estimate of drug-likeness (QED) is 0.0222. The number of ether oxygens (including phenoxy) is 4. The normalized spacial score (nSPS) is 14.4. The van der Waals surface area contributed by atoms with Crippen LogP contribution in [0.1, 0.15) is 376 Å². The molecule has 0 aliphatic rings. The molecule has 0 fully saturated rings. The average molecular weight is 1380 g/mol. The first-order chi connectivity index (χ1) is 45.1. The summed E-state index contributed by atoms with van der Waals surface area (Å²) in [6.07, 6.45) is 49.0. The van der Waals surface area contributed by atoms with E-state index in [0.29, 0.717) is 37.5 Å². The first-order valence-corrected chi connectivity index (χ1v) is 41.7. The highest BCUT2D eigenvalue weighted by atomic mass is 31.2. The summed E-state index contributed by atoms with van der Waals surface area (Å²) in [6, 6.07) is 0. The standard InChI is InChI=1S/C75H146O17P2/c1-9-68(8)54-46-38-29-23-18-16-14-12-10-11-13-15-17-19-24-30-39-47-55-72(77)85-62-71(92-75(80)58-50-42-34-33-37-45-53-67(6)7)64-90-94(83,84)88-60-69(76)59-87-93(81,82)89-63-70(61-86-73(78)56-48-40-32-26-28-36-44-52-66(4)5)91-74(79)57-49-41-31-25-21-20-22-27-35-43-51-65(2)3/h65-71,76H,9-64H2,1-8H3,(H,81,82)(H,83,84)/t68?,69?,70-,71-/m1/s1. The number of hydrogen-bond donors (Lipinski definition) is 3. The molecule has 0 aromatic heterocycles. The van der Waals surface area contributed by atoms with Gasteiger partial charge in [-0.25, -0.2) is 9.13 Å². The SMILES string of the molecule is CCC(C)CCCCCCCCCCCCCCCCCCCCC(=O)OC[C@H](COP(=O)(O)OCC(O)COP(=O)(O)OC[C@@H](COC(=O)CCCCCCCCCC(C)C)OC(=O)CCCCCCCCCCCCC(C)C)OC(=O)CCCCCCCCC(C)C. The monoisotopic (exact) mass is 1380 g/mol. The zero-order chi connectivity index (χ0) is 69.6. The lowest BCUT2D eigenvalue weighted by molar-refractivity contribution is -0.161. The van der Waals surface area contributed by atoms with Gasteiger partial charge in [0.05, 0.1) is 26.4 Å². The number of aliphatic hydroxyl groups is 1. The third kappa shape index (κ3) is 67.3. The van der Waals surface area contributed by atoms with Crippen molar-refractivity contribution >= 4 is 39.5 Å². The van der Waals surface area contributed by atoms with E-state index in [4.69, 9.17) is 37.0 Å². The van der Waals surface area contributed by atoms with E-state index in [1.807, 2.05) is 0 Å². The summed E-state index contributed by atoms with van der Waals surface area (Å²) >= 11 is 0. The van der Waals surface area contributed by atoms with Crippen molar-refractivity contribution in [3.63, 3.8) is 0 Å². The van der Waals surface area contributed by atoms with Crippen LogP contribution in [-0.2, 0) is 65.4 Å². The molecule has 17 nitrogen and oxygen atoms in total. The Morgan fingerprint density at radius 1 is 0.298 bits per heavy atom. The van der Waals surface area contributed by atoms with Crippen molar-refractivity contribution in [2.45, 2.75) is 395 Å². The Morgan fingerprint density at radius 3 is 0.755 bits per heavy atom. The van der Waals surface area contributed by atoms with Crippen molar-refractivity contribution in [1.29, 1.82) is 0 Å². The van der Waals surface area contributed by atoms with E-state index in [1.165, 1.54) is 173 Å². The molecule has 0 radical (unpaired) electrons. The van der Waals surface area contributed by atoms with Crippen LogP contribution in [0.3, 0.4) is 0 Å². The lowest BCUT2D eigenvalue weighted by Gasteiger charge is -2.21. The Labute approximate surface area is 575 Å². The van der Waals surface area contributed by atoms with Gasteiger partial charge in [0.1, 0.15) is 19.3 Å². The van der Waals surface area contributed by atoms with Crippen molar-refractivity contribution in [3.05, 3.63) is 0 Å². The van der Waals surface area contributed by atoms with Crippen LogP contribution in [0.25, 0.3) is 0 Å². The number of rotatable bonds is 72. The molecule has 0 heterocycles. The summed E-state index contributed by atoms with van der Waals surface area (Å²) in [5.41, 5.74) is 0. The Bertz CT molecular complexity index is 1850. The van der Waals surface area contributed by atoms with Gasteiger partial charge >= 0.3 is 39.5 Å². The number of esters is 4. The maximum atomic E-state index is 13.0. The van der Waals surface area contributed by atoms with Gasteiger partial charge in [0.15, 0.2) is 12.2 Å². The van der Waals surface area contributed by atoms with Crippen molar-refractivity contribution in [1.82, 2.24) is 0 Å². The fraction of sp³-hybridized carbons (Fsp3) is 0.947. The topological polar surface area (TPSA) is 237 Å². The molecule has 0 spiro atoms. The predicted molar refractivity (Wildman–Crippen MR) is 381 cm³/mol. The van der Waals surface area contributed by atoms with Gasteiger partial charge in [-0.1, -0.05) is 325 Å². The Hall–Kier alpha value is -1.94. The van der Waals surface area contributed by atoms with Crippen LogP contribution in [0.15, 0.2) is 0 Å². The van der Waals surface area contributed by atoms with Gasteiger partial charge in [-0.2, -0.15) is 0 Å². The Balaban J connectivity index is 5.10. The van der Waals surface area contributed by atoms with Crippen LogP contribution < -0.4 is 0 Å². The summed E-state index contributed by atoms with van der Waals surface area (Å²) in [7, 11) is -9.91. The highest BCUT2D eigenvalue weighted by Gasteiger charge is 2.30. The number of phosphoric acid groups is 2. The molecular formula is C75H146O17P2. The summed E-state index contributed by atoms with van der Waals surface area (Å²) in [6.45, 7) is 14.1. The second kappa shape index (κ2) is 64.4. The number of aliphatic hydroxyl groups excluding tert-OH is 1. The molecule has 0 aliphatic heterocycles. The molecular weight excluding hydrogens is 1230 g/mol. The first-order valence-electron chi connectivity index (χ1n) is 38.7. The molecule has 0 bridgehead atoms. The smallest absolute Gasteiger partial charge is 0.462 e. The van der Waals surface area contributed by atoms with Crippen LogP contribution in [0.4, 0.5) is 0 Å². The van der Waals surface area contributed by atoms with E-state index in [-0.39, 0.29) is 25.7 Å². The summed E-state index contributed by atoms with van der Waals surface area (Å²) in [4.78, 5) is 72.6. The molecule has 558 valence electrons. The maximum Gasteiger partial charge on any atom is 0.472 e. The summed E-state index contributed by atoms with van der Waals surface area (Å²) in [5.74, 6) is 0.871. The van der Waals surface area contributed by atoms with Gasteiger partial charge in [0, 0.05) is 25.7 Å². The molecule has 0 amide bonds. The number of phosphoric ester groups is 2. The van der Waals surface area contributed by atoms with Gasteiger partial charge < -0.3 is 33.8 Å². The van der Waals surface area contributed by atoms with Gasteiger partial charge in [-0.15, -0.1) is 0 Å². The molecule has 4 unspecified atom stereocenters. The van der Waals surface area contributed by atoms with Crippen molar-refractivity contribution in [3.8, 4) is 0 Å². The van der Waals surface area contributed by atoms with Gasteiger partial charge in [-0.05, 0) is 49.4 Å². The molecule has 6 atom stereocenters. The van der Waals surface area contributed by atoms with Crippen LogP contribution in [-0.4, -0.2) is 96.7 Å². The second-order valence-electron chi connectivity index (χ2n) is 28.7. The minimum Gasteiger partial charge on any atom is -0.462 e. The van der Waals surface area contributed by atoms with Gasteiger partial charge in [0.2, 0.25) is 0 Å². The molecule has 94 heavy (non-hydrogen) atoms. The van der Waals surface area contributed by atoms with Gasteiger partial charge in [0.25, 0.3) is 0 Å². The zero-order valence-electron chi connectivity index (χ0n) is 61.6. The van der Waals surface area contributed by atoms with E-state index in [2.05, 4.69) is 55.4 Å². The average Bonchev–Trinajstić information content (AvgIpc) is 1.35. The zero-order valence-corrected chi connectivity index (χ0v) is 63.4. The lowest BCUT2D eigenvalue weighted by atomic mass is 9.99. The van der Waals surface area contributed by atoms with Crippen LogP contribution in [0.2, 0.25) is 0 Å². The maximum absolute atomic E-state index is 13.0. The molecule has 0 saturated heterocycles. The van der Waals surface area contributed by atoms with Crippen LogP contribution in [0, 0.1) is 23.7 Å². The van der Waals surface area contributed by atoms with E-state index in [1.54, 1.807) is 0 Å². The van der Waals surface area contributed by atoms with Crippen LogP contribution in [0.5, 0.6) is 0 Å². The summed E-state index contributed by atoms with van der Waals surface area (Å²) in [5, 5.41) is 10.6. The number of unbranched alkanes of at least 4 members (excludes halogenated alkanes) is 37. The molecule has 0 rings (SSSR count). The molecule has 3 N–H and O–H groups in total. The van der Waals surface area contributed by atoms with E-state index >= 15 is 0 Å². The Kier molecular flexibility index (Phi) is 63.1. The molecule has 0 aromatic carbocycles. The second-order valence-corrected chi connectivity index (χ2v) is 31.6. The third-order valence-corrected chi connectivity index (χ3v) is 19.6. The number of carbonyl (C=O) groups is 4. The number of carbonyl (C=O) groups excluding carboxylic acids is 4.